The van der Waals surface area contributed by atoms with Crippen molar-refractivity contribution in [3.8, 4) is 39.5 Å². The number of nitrogens with one attached hydrogen (secondary N) is 4. The molecule has 4 unspecified atom stereocenters. The van der Waals surface area contributed by atoms with Gasteiger partial charge in [-0.3, -0.25) is 4.57 Å². The summed E-state index contributed by atoms with van der Waals surface area (Å²) in [6.45, 7) is 1.40. The molecule has 4 N–H and O–H groups in total. The number of benzene rings is 3. The molecule has 10 heteroatoms. The summed E-state index contributed by atoms with van der Waals surface area (Å²) in [6.07, 6.45) is 5.33. The Kier molecular flexibility index (Phi) is 6.19. The molecule has 0 bridgehead atoms. The monoisotopic (exact) mass is 641 g/mol. The van der Waals surface area contributed by atoms with Crippen LogP contribution in [0, 0.1) is 0 Å². The molecule has 7 aromatic rings. The lowest BCUT2D eigenvalue weighted by molar-refractivity contribution is 0.177. The summed E-state index contributed by atoms with van der Waals surface area (Å²) < 4.78 is 24.4. The Hall–Kier alpha value is -4.77. The molecule has 2 fully saturated rings. The third-order valence-electron chi connectivity index (χ3n) is 9.87. The Morgan fingerprint density at radius 1 is 0.830 bits per heavy atom. The van der Waals surface area contributed by atoms with Gasteiger partial charge in [0, 0.05) is 39.7 Å². The molecule has 10 rings (SSSR count). The fourth-order valence-corrected chi connectivity index (χ4v) is 8.57. The smallest absolute Gasteiger partial charge is 0.212 e. The number of thiophene rings is 1. The predicted molar refractivity (Wildman–Crippen MR) is 183 cm³/mol. The number of halogens is 1. The molecule has 0 saturated carbocycles. The second-order valence-electron chi connectivity index (χ2n) is 12.8. The van der Waals surface area contributed by atoms with E-state index in [1.165, 1.54) is 16.5 Å². The third kappa shape index (κ3) is 4.54. The molecule has 0 radical (unpaired) electrons. The van der Waals surface area contributed by atoms with Crippen LogP contribution >= 0.6 is 11.3 Å². The molecule has 3 aromatic carbocycles. The maximum Gasteiger partial charge on any atom is 0.212 e. The number of alkyl halides is 1. The standard InChI is InChI=1S/C37H32FN7OS/c38-24-16-27(40-17-24)36-42-19-29(44-36)21-7-9-25-31-13-23-12-20(28-18-41-35(43-28)26-5-3-11-39-26)8-10-30(23)45(31)37(46-32(25)14-21)34-15-22-4-1-2-6-33(22)47-34/h1-2,4,6-10,12-15,18-19,24,26-27,37,39-40H,3,5,11,16-17H2,(H,41,43)(H,42,44). The zero-order chi connectivity index (χ0) is 31.1. The molecule has 7 heterocycles. The number of nitrogens with zero attached hydrogens (tertiary/aromatic N) is 3. The highest BCUT2D eigenvalue weighted by molar-refractivity contribution is 7.19. The lowest BCUT2D eigenvalue weighted by Crippen LogP contribution is -2.21. The Morgan fingerprint density at radius 3 is 2.43 bits per heavy atom. The highest BCUT2D eigenvalue weighted by Crippen LogP contribution is 2.47. The van der Waals surface area contributed by atoms with Crippen LogP contribution in [-0.4, -0.2) is 43.8 Å². The van der Waals surface area contributed by atoms with E-state index < -0.39 is 6.17 Å². The van der Waals surface area contributed by atoms with Crippen molar-refractivity contribution in [1.29, 1.82) is 0 Å². The van der Waals surface area contributed by atoms with Crippen molar-refractivity contribution >= 4 is 32.3 Å². The van der Waals surface area contributed by atoms with Crippen LogP contribution in [-0.2, 0) is 0 Å². The fraction of sp³-hybridized carbons (Fsp3) is 0.243. The van der Waals surface area contributed by atoms with Gasteiger partial charge in [0.25, 0.3) is 0 Å². The normalized spacial score (nSPS) is 22.1. The summed E-state index contributed by atoms with van der Waals surface area (Å²) in [6, 6.07) is 26.2. The Balaban J connectivity index is 1.07. The van der Waals surface area contributed by atoms with E-state index >= 15 is 0 Å². The molecule has 47 heavy (non-hydrogen) atoms. The minimum absolute atomic E-state index is 0.0988. The second-order valence-corrected chi connectivity index (χ2v) is 14.0. The highest BCUT2D eigenvalue weighted by atomic mass is 32.1. The van der Waals surface area contributed by atoms with E-state index in [1.54, 1.807) is 11.3 Å². The molecular weight excluding hydrogens is 610 g/mol. The van der Waals surface area contributed by atoms with Gasteiger partial charge in [-0.1, -0.05) is 30.3 Å². The molecule has 0 amide bonds. The van der Waals surface area contributed by atoms with Crippen molar-refractivity contribution in [2.45, 2.75) is 43.7 Å². The number of H-pyrrole nitrogens is 2. The topological polar surface area (TPSA) is 95.6 Å². The zero-order valence-corrected chi connectivity index (χ0v) is 26.3. The maximum absolute atomic E-state index is 13.9. The average Bonchev–Trinajstić information content (AvgIpc) is 3.94. The number of imidazole rings is 2. The van der Waals surface area contributed by atoms with Crippen LogP contribution in [0.2, 0.25) is 0 Å². The molecule has 0 aliphatic carbocycles. The minimum atomic E-state index is -0.842. The molecule has 3 aliphatic heterocycles. The number of fused-ring (bicyclic) bond motifs is 6. The summed E-state index contributed by atoms with van der Waals surface area (Å²) in [5.41, 5.74) is 7.27. The van der Waals surface area contributed by atoms with Gasteiger partial charge >= 0.3 is 0 Å². The molecule has 4 aromatic heterocycles. The number of hydrogen-bond donors (Lipinski definition) is 4. The van der Waals surface area contributed by atoms with E-state index in [4.69, 9.17) is 9.72 Å². The number of ether oxygens (including phenoxy) is 1. The summed E-state index contributed by atoms with van der Waals surface area (Å²) in [5, 5.41) is 9.12. The molecule has 234 valence electrons. The summed E-state index contributed by atoms with van der Waals surface area (Å²) in [7, 11) is 0. The molecule has 2 saturated heterocycles. The van der Waals surface area contributed by atoms with Gasteiger partial charge in [0.1, 0.15) is 23.6 Å². The molecule has 3 aliphatic rings. The minimum Gasteiger partial charge on any atom is -0.464 e. The Morgan fingerprint density at radius 2 is 1.64 bits per heavy atom. The van der Waals surface area contributed by atoms with Gasteiger partial charge in [-0.15, -0.1) is 11.3 Å². The summed E-state index contributed by atoms with van der Waals surface area (Å²) >= 11 is 1.77. The van der Waals surface area contributed by atoms with Crippen molar-refractivity contribution < 1.29 is 9.13 Å². The van der Waals surface area contributed by atoms with Gasteiger partial charge in [-0.25, -0.2) is 14.4 Å². The van der Waals surface area contributed by atoms with Crippen LogP contribution in [0.25, 0.3) is 54.8 Å². The van der Waals surface area contributed by atoms with E-state index in [9.17, 15) is 4.39 Å². The van der Waals surface area contributed by atoms with Crippen molar-refractivity contribution in [1.82, 2.24) is 35.1 Å². The summed E-state index contributed by atoms with van der Waals surface area (Å²) in [4.78, 5) is 17.4. The quantitative estimate of drug-likeness (QED) is 0.153. The van der Waals surface area contributed by atoms with Gasteiger partial charge < -0.3 is 25.3 Å². The van der Waals surface area contributed by atoms with Gasteiger partial charge in [0.2, 0.25) is 6.23 Å². The predicted octanol–water partition coefficient (Wildman–Crippen LogP) is 8.04. The van der Waals surface area contributed by atoms with E-state index in [1.807, 2.05) is 12.4 Å². The van der Waals surface area contributed by atoms with Gasteiger partial charge in [-0.05, 0) is 67.2 Å². The van der Waals surface area contributed by atoms with E-state index in [0.717, 1.165) is 79.9 Å². The van der Waals surface area contributed by atoms with Gasteiger partial charge in [0.15, 0.2) is 0 Å². The first-order valence-corrected chi connectivity index (χ1v) is 17.1. The zero-order valence-electron chi connectivity index (χ0n) is 25.5. The van der Waals surface area contributed by atoms with Crippen molar-refractivity contribution in [3.63, 3.8) is 0 Å². The van der Waals surface area contributed by atoms with Crippen LogP contribution in [0.1, 0.15) is 54.1 Å². The van der Waals surface area contributed by atoms with Crippen LogP contribution in [0.5, 0.6) is 5.75 Å². The first-order valence-electron chi connectivity index (χ1n) is 16.3. The van der Waals surface area contributed by atoms with Crippen LogP contribution in [0.15, 0.2) is 85.2 Å². The molecular formula is C37H32FN7OS. The third-order valence-corrected chi connectivity index (χ3v) is 11.0. The highest BCUT2D eigenvalue weighted by Gasteiger charge is 2.32. The Labute approximate surface area is 274 Å². The molecule has 0 spiro atoms. The number of aromatic amines is 2. The van der Waals surface area contributed by atoms with Crippen LogP contribution < -0.4 is 15.4 Å². The van der Waals surface area contributed by atoms with Gasteiger partial charge in [0.05, 0.1) is 52.0 Å². The first kappa shape index (κ1) is 27.4. The lowest BCUT2D eigenvalue weighted by atomic mass is 10.0. The fourth-order valence-electron chi connectivity index (χ4n) is 7.48. The lowest BCUT2D eigenvalue weighted by Gasteiger charge is -2.29. The van der Waals surface area contributed by atoms with Crippen molar-refractivity contribution in [2.75, 3.05) is 13.1 Å². The van der Waals surface area contributed by atoms with Gasteiger partial charge in [-0.2, -0.15) is 0 Å². The summed E-state index contributed by atoms with van der Waals surface area (Å²) in [5.74, 6) is 2.59. The second kappa shape index (κ2) is 10.6. The molecule has 8 nitrogen and oxygen atoms in total. The van der Waals surface area contributed by atoms with Crippen LogP contribution in [0.3, 0.4) is 0 Å². The van der Waals surface area contributed by atoms with E-state index in [-0.39, 0.29) is 12.3 Å². The van der Waals surface area contributed by atoms with E-state index in [2.05, 4.69) is 103 Å². The first-order chi connectivity index (χ1) is 23.1. The Bertz CT molecular complexity index is 2260. The molecule has 4 atom stereocenters. The number of hydrogen-bond acceptors (Lipinski definition) is 6. The largest absolute Gasteiger partial charge is 0.464 e. The van der Waals surface area contributed by atoms with Crippen molar-refractivity contribution in [2.24, 2.45) is 0 Å². The average molecular weight is 642 g/mol. The SMILES string of the molecule is FC1CNC(c2ncc(-c3ccc4c(c3)OC(c3cc5ccccc5s3)n3c-4cc4cc(-c5cnc(C6CCCN6)[nH]5)ccc43)[nH]2)C1. The number of aromatic nitrogens is 5. The van der Waals surface area contributed by atoms with Crippen LogP contribution in [0.4, 0.5) is 4.39 Å². The maximum atomic E-state index is 13.9. The van der Waals surface area contributed by atoms with Crippen molar-refractivity contribution in [3.05, 3.63) is 102 Å². The van der Waals surface area contributed by atoms with E-state index in [0.29, 0.717) is 19.0 Å². The number of rotatable bonds is 5.